The van der Waals surface area contributed by atoms with Crippen LogP contribution in [0.4, 0.5) is 11.4 Å². The largest absolute Gasteiger partial charge is 0.385 e. The van der Waals surface area contributed by atoms with Gasteiger partial charge in [0.25, 0.3) is 0 Å². The molecule has 1 aliphatic heterocycles. The predicted molar refractivity (Wildman–Crippen MR) is 85.1 cm³/mol. The highest BCUT2D eigenvalue weighted by molar-refractivity contribution is 9.10. The highest BCUT2D eigenvalue weighted by atomic mass is 79.9. The zero-order valence-electron chi connectivity index (χ0n) is 10.9. The molecule has 1 atom stereocenters. The van der Waals surface area contributed by atoms with Gasteiger partial charge in [-0.3, -0.25) is 4.79 Å². The Bertz CT molecular complexity index is 642. The Morgan fingerprint density at radius 2 is 2.05 bits per heavy atom. The van der Waals surface area contributed by atoms with Crippen LogP contribution in [-0.2, 0) is 4.79 Å². The summed E-state index contributed by atoms with van der Waals surface area (Å²) in [7, 11) is 0. The van der Waals surface area contributed by atoms with Gasteiger partial charge in [-0.25, -0.2) is 0 Å². The number of halogens is 1. The van der Waals surface area contributed by atoms with E-state index in [-0.39, 0.29) is 11.8 Å². The lowest BCUT2D eigenvalue weighted by molar-refractivity contribution is -0.117. The van der Waals surface area contributed by atoms with Crippen molar-refractivity contribution in [2.45, 2.75) is 12.3 Å². The van der Waals surface area contributed by atoms with Crippen LogP contribution in [0.5, 0.6) is 0 Å². The molecule has 0 saturated carbocycles. The molecule has 3 rings (SSSR count). The first-order valence-electron chi connectivity index (χ1n) is 6.63. The van der Waals surface area contributed by atoms with Crippen molar-refractivity contribution < 1.29 is 4.79 Å². The molecule has 1 amide bonds. The molecule has 2 N–H and O–H groups in total. The number of amides is 1. The van der Waals surface area contributed by atoms with Gasteiger partial charge in [0.15, 0.2) is 0 Å². The number of benzene rings is 2. The maximum absolute atomic E-state index is 12.5. The Labute approximate surface area is 126 Å². The Morgan fingerprint density at radius 1 is 1.20 bits per heavy atom. The summed E-state index contributed by atoms with van der Waals surface area (Å²) < 4.78 is 0.959. The van der Waals surface area contributed by atoms with Crippen LogP contribution in [0.3, 0.4) is 0 Å². The molecule has 0 bridgehead atoms. The molecule has 4 heteroatoms. The molecule has 0 spiro atoms. The molecule has 0 saturated heterocycles. The number of fused-ring (bicyclic) bond motifs is 1. The Hall–Kier alpha value is -1.81. The quantitative estimate of drug-likeness (QED) is 0.874. The lowest BCUT2D eigenvalue weighted by Crippen LogP contribution is -2.27. The number of carbonyl (C=O) groups excluding carboxylic acids is 1. The first-order chi connectivity index (χ1) is 9.74. The summed E-state index contributed by atoms with van der Waals surface area (Å²) in [5, 5.41) is 6.33. The molecule has 1 heterocycles. The van der Waals surface area contributed by atoms with Crippen molar-refractivity contribution in [3.63, 3.8) is 0 Å². The van der Waals surface area contributed by atoms with Gasteiger partial charge in [-0.1, -0.05) is 40.2 Å². The minimum atomic E-state index is -0.0913. The number of rotatable bonds is 2. The molecule has 0 fully saturated rings. The molecule has 20 heavy (non-hydrogen) atoms. The fraction of sp³-hybridized carbons (Fsp3) is 0.188. The van der Waals surface area contributed by atoms with E-state index in [0.717, 1.165) is 34.4 Å². The van der Waals surface area contributed by atoms with Crippen LogP contribution in [0, 0.1) is 0 Å². The third-order valence-electron chi connectivity index (χ3n) is 3.49. The van der Waals surface area contributed by atoms with Gasteiger partial charge >= 0.3 is 0 Å². The van der Waals surface area contributed by atoms with E-state index in [0.29, 0.717) is 0 Å². The lowest BCUT2D eigenvalue weighted by Gasteiger charge is -2.25. The van der Waals surface area contributed by atoms with Gasteiger partial charge in [0, 0.05) is 22.4 Å². The van der Waals surface area contributed by atoms with Crippen molar-refractivity contribution in [2.75, 3.05) is 17.2 Å². The summed E-state index contributed by atoms with van der Waals surface area (Å²) in [6, 6.07) is 15.7. The van der Waals surface area contributed by atoms with E-state index in [1.54, 1.807) is 0 Å². The number of hydrogen-bond donors (Lipinski definition) is 2. The van der Waals surface area contributed by atoms with Gasteiger partial charge in [-0.05, 0) is 36.2 Å². The standard InChI is InChI=1S/C16H15BrN2O/c17-11-4-3-5-12(10-11)19-16(20)14-8-9-18-15-7-2-1-6-13(14)15/h1-7,10,14,18H,8-9H2,(H,19,20). The number of hydrogen-bond acceptors (Lipinski definition) is 2. The summed E-state index contributed by atoms with van der Waals surface area (Å²) in [6.07, 6.45) is 0.816. The van der Waals surface area contributed by atoms with Crippen molar-refractivity contribution in [1.29, 1.82) is 0 Å². The Morgan fingerprint density at radius 3 is 2.90 bits per heavy atom. The van der Waals surface area contributed by atoms with Crippen LogP contribution in [-0.4, -0.2) is 12.5 Å². The van der Waals surface area contributed by atoms with E-state index < -0.39 is 0 Å². The maximum atomic E-state index is 12.5. The minimum absolute atomic E-state index is 0.0528. The van der Waals surface area contributed by atoms with Crippen LogP contribution in [0.25, 0.3) is 0 Å². The summed E-state index contributed by atoms with van der Waals surface area (Å²) >= 11 is 3.41. The van der Waals surface area contributed by atoms with E-state index in [1.807, 2.05) is 48.5 Å². The number of anilines is 2. The first-order valence-corrected chi connectivity index (χ1v) is 7.42. The monoisotopic (exact) mass is 330 g/mol. The maximum Gasteiger partial charge on any atom is 0.232 e. The second-order valence-corrected chi connectivity index (χ2v) is 5.77. The topological polar surface area (TPSA) is 41.1 Å². The lowest BCUT2D eigenvalue weighted by atomic mass is 9.90. The fourth-order valence-corrected chi connectivity index (χ4v) is 2.94. The number of carbonyl (C=O) groups is 1. The van der Waals surface area contributed by atoms with E-state index >= 15 is 0 Å². The third-order valence-corrected chi connectivity index (χ3v) is 3.99. The summed E-state index contributed by atoms with van der Waals surface area (Å²) in [6.45, 7) is 0.827. The molecular formula is C16H15BrN2O. The molecule has 0 radical (unpaired) electrons. The van der Waals surface area contributed by atoms with E-state index in [2.05, 4.69) is 26.6 Å². The van der Waals surface area contributed by atoms with Crippen molar-refractivity contribution in [1.82, 2.24) is 0 Å². The van der Waals surface area contributed by atoms with Gasteiger partial charge < -0.3 is 10.6 Å². The van der Waals surface area contributed by atoms with Crippen LogP contribution in [0.2, 0.25) is 0 Å². The van der Waals surface area contributed by atoms with Crippen LogP contribution in [0.1, 0.15) is 17.9 Å². The third kappa shape index (κ3) is 2.70. The summed E-state index contributed by atoms with van der Waals surface area (Å²) in [5.41, 5.74) is 2.96. The average molecular weight is 331 g/mol. The van der Waals surface area contributed by atoms with Crippen molar-refractivity contribution in [2.24, 2.45) is 0 Å². The van der Waals surface area contributed by atoms with Gasteiger partial charge in [-0.15, -0.1) is 0 Å². The smallest absolute Gasteiger partial charge is 0.232 e. The van der Waals surface area contributed by atoms with Crippen molar-refractivity contribution in [3.8, 4) is 0 Å². The number of nitrogens with one attached hydrogen (secondary N) is 2. The van der Waals surface area contributed by atoms with Crippen molar-refractivity contribution in [3.05, 3.63) is 58.6 Å². The van der Waals surface area contributed by atoms with Gasteiger partial charge in [0.05, 0.1) is 5.92 Å². The Balaban J connectivity index is 1.82. The summed E-state index contributed by atoms with van der Waals surface area (Å²) in [5.74, 6) is -0.0384. The molecule has 2 aromatic carbocycles. The highest BCUT2D eigenvalue weighted by Gasteiger charge is 2.26. The normalized spacial score (nSPS) is 16.9. The van der Waals surface area contributed by atoms with Gasteiger partial charge in [0.1, 0.15) is 0 Å². The van der Waals surface area contributed by atoms with Crippen LogP contribution >= 0.6 is 15.9 Å². The molecule has 0 aromatic heterocycles. The Kier molecular flexibility index (Phi) is 3.74. The van der Waals surface area contributed by atoms with E-state index in [4.69, 9.17) is 0 Å². The molecule has 0 aliphatic carbocycles. The van der Waals surface area contributed by atoms with Crippen LogP contribution < -0.4 is 10.6 Å². The minimum Gasteiger partial charge on any atom is -0.385 e. The van der Waals surface area contributed by atoms with Gasteiger partial charge in [0.2, 0.25) is 5.91 Å². The van der Waals surface area contributed by atoms with E-state index in [1.165, 1.54) is 0 Å². The number of para-hydroxylation sites is 1. The zero-order chi connectivity index (χ0) is 13.9. The van der Waals surface area contributed by atoms with Gasteiger partial charge in [-0.2, -0.15) is 0 Å². The highest BCUT2D eigenvalue weighted by Crippen LogP contribution is 2.32. The van der Waals surface area contributed by atoms with Crippen molar-refractivity contribution >= 4 is 33.2 Å². The molecule has 2 aromatic rings. The SMILES string of the molecule is O=C(Nc1cccc(Br)c1)C1CCNc2ccccc21. The predicted octanol–water partition coefficient (Wildman–Crippen LogP) is 3.99. The zero-order valence-corrected chi connectivity index (χ0v) is 12.5. The molecular weight excluding hydrogens is 316 g/mol. The molecule has 102 valence electrons. The average Bonchev–Trinajstić information content (AvgIpc) is 2.46. The summed E-state index contributed by atoms with van der Waals surface area (Å²) in [4.78, 5) is 12.5. The second-order valence-electron chi connectivity index (χ2n) is 4.85. The first kappa shape index (κ1) is 13.2. The van der Waals surface area contributed by atoms with Crippen LogP contribution in [0.15, 0.2) is 53.0 Å². The molecule has 1 unspecified atom stereocenters. The second kappa shape index (κ2) is 5.67. The fourth-order valence-electron chi connectivity index (χ4n) is 2.54. The molecule has 1 aliphatic rings. The van der Waals surface area contributed by atoms with E-state index in [9.17, 15) is 4.79 Å². The molecule has 3 nitrogen and oxygen atoms in total.